The second kappa shape index (κ2) is 8.19. The summed E-state index contributed by atoms with van der Waals surface area (Å²) in [5, 5.41) is 13.5. The van der Waals surface area contributed by atoms with Crippen LogP contribution in [0.1, 0.15) is 46.1 Å². The van der Waals surface area contributed by atoms with Crippen molar-refractivity contribution in [3.8, 4) is 22.4 Å². The third kappa shape index (κ3) is 5.01. The lowest BCUT2D eigenvalue weighted by Gasteiger charge is -2.52. The van der Waals surface area contributed by atoms with Crippen molar-refractivity contribution < 1.29 is 14.6 Å². The fourth-order valence-electron chi connectivity index (χ4n) is 4.61. The molecule has 172 valence electrons. The van der Waals surface area contributed by atoms with Gasteiger partial charge in [-0.1, -0.05) is 54.6 Å². The van der Waals surface area contributed by atoms with Crippen molar-refractivity contribution in [3.63, 3.8) is 0 Å². The minimum Gasteiger partial charge on any atom is -0.444 e. The summed E-state index contributed by atoms with van der Waals surface area (Å²) in [7, 11) is 0. The molecule has 1 aromatic heterocycles. The van der Waals surface area contributed by atoms with E-state index in [1.165, 1.54) is 0 Å². The van der Waals surface area contributed by atoms with Gasteiger partial charge >= 0.3 is 6.09 Å². The third-order valence-corrected chi connectivity index (χ3v) is 5.81. The molecule has 1 saturated carbocycles. The molecule has 3 aromatic rings. The number of pyridine rings is 1. The number of nitrogens with one attached hydrogen (secondary N) is 1. The summed E-state index contributed by atoms with van der Waals surface area (Å²) < 4.78 is 5.47. The van der Waals surface area contributed by atoms with Gasteiger partial charge in [-0.3, -0.25) is 4.98 Å². The van der Waals surface area contributed by atoms with Gasteiger partial charge in [0, 0.05) is 24.0 Å². The van der Waals surface area contributed by atoms with Crippen molar-refractivity contribution in [2.75, 3.05) is 5.73 Å². The number of nitrogens with zero attached hydrogens (tertiary/aromatic N) is 1. The van der Waals surface area contributed by atoms with Crippen LogP contribution in [0.15, 0.2) is 66.9 Å². The first-order chi connectivity index (χ1) is 15.5. The molecule has 1 aliphatic rings. The number of amides is 1. The maximum absolute atomic E-state index is 12.5. The highest BCUT2D eigenvalue weighted by atomic mass is 16.6. The van der Waals surface area contributed by atoms with Gasteiger partial charge in [-0.15, -0.1) is 0 Å². The zero-order chi connectivity index (χ0) is 23.9. The lowest BCUT2D eigenvalue weighted by atomic mass is 9.62. The van der Waals surface area contributed by atoms with Crippen LogP contribution in [0.25, 0.3) is 22.4 Å². The summed E-state index contributed by atoms with van der Waals surface area (Å²) in [6.07, 6.45) is 1.99. The second-order valence-corrected chi connectivity index (χ2v) is 10.2. The molecule has 0 atom stereocenters. The summed E-state index contributed by atoms with van der Waals surface area (Å²) >= 11 is 0. The van der Waals surface area contributed by atoms with Crippen LogP contribution in [-0.2, 0) is 10.3 Å². The molecule has 0 radical (unpaired) electrons. The molecular weight excluding hydrogens is 414 g/mol. The highest BCUT2D eigenvalue weighted by Crippen LogP contribution is 2.48. The van der Waals surface area contributed by atoms with Crippen molar-refractivity contribution in [3.05, 3.63) is 72.4 Å². The van der Waals surface area contributed by atoms with E-state index in [9.17, 15) is 9.90 Å². The van der Waals surface area contributed by atoms with Crippen LogP contribution in [0, 0.1) is 0 Å². The maximum Gasteiger partial charge on any atom is 0.408 e. The number of carbonyl (C=O) groups is 1. The summed E-state index contributed by atoms with van der Waals surface area (Å²) in [5.74, 6) is 0. The molecule has 0 unspecified atom stereocenters. The van der Waals surface area contributed by atoms with Crippen LogP contribution in [-0.4, -0.2) is 27.4 Å². The molecule has 1 amide bonds. The highest BCUT2D eigenvalue weighted by Gasteiger charge is 2.53. The van der Waals surface area contributed by atoms with Crippen LogP contribution in [0.4, 0.5) is 10.5 Å². The molecule has 2 aromatic carbocycles. The minimum absolute atomic E-state index is 0.411. The number of nitrogen functional groups attached to an aromatic ring is 1. The molecule has 4 N–H and O–H groups in total. The molecule has 0 spiro atoms. The number of rotatable bonds is 4. The SMILES string of the molecule is CC(C)(C)OC(=O)N[C@]1(c2ccc(-c3ncc(N)cc3-c3ccccc3)cc2)C[C@@](C)(O)C1. The predicted molar refractivity (Wildman–Crippen MR) is 130 cm³/mol. The Balaban J connectivity index is 1.66. The van der Waals surface area contributed by atoms with Crippen LogP contribution in [0.5, 0.6) is 0 Å². The number of carbonyl (C=O) groups excluding carboxylic acids is 1. The molecule has 1 heterocycles. The third-order valence-electron chi connectivity index (χ3n) is 5.81. The topological polar surface area (TPSA) is 97.5 Å². The fourth-order valence-corrected chi connectivity index (χ4v) is 4.61. The lowest BCUT2D eigenvalue weighted by molar-refractivity contribution is -0.0892. The Morgan fingerprint density at radius 3 is 2.27 bits per heavy atom. The minimum atomic E-state index is -0.841. The summed E-state index contributed by atoms with van der Waals surface area (Å²) in [6.45, 7) is 7.26. The van der Waals surface area contributed by atoms with Gasteiger partial charge in [0.25, 0.3) is 0 Å². The van der Waals surface area contributed by atoms with E-state index in [0.29, 0.717) is 18.5 Å². The van der Waals surface area contributed by atoms with E-state index >= 15 is 0 Å². The molecule has 0 saturated heterocycles. The van der Waals surface area contributed by atoms with Crippen LogP contribution < -0.4 is 11.1 Å². The van der Waals surface area contributed by atoms with Gasteiger partial charge in [0.05, 0.1) is 28.7 Å². The first-order valence-corrected chi connectivity index (χ1v) is 11.1. The van der Waals surface area contributed by atoms with Crippen molar-refractivity contribution in [2.24, 2.45) is 0 Å². The molecule has 1 fully saturated rings. The number of anilines is 1. The van der Waals surface area contributed by atoms with E-state index in [2.05, 4.69) is 10.3 Å². The van der Waals surface area contributed by atoms with E-state index in [0.717, 1.165) is 27.9 Å². The number of benzene rings is 2. The van der Waals surface area contributed by atoms with Gasteiger partial charge in [-0.05, 0) is 44.9 Å². The molecule has 33 heavy (non-hydrogen) atoms. The molecule has 1 aliphatic carbocycles. The fraction of sp³-hybridized carbons (Fsp3) is 0.333. The lowest BCUT2D eigenvalue weighted by Crippen LogP contribution is -2.62. The van der Waals surface area contributed by atoms with Crippen molar-refractivity contribution in [2.45, 2.75) is 57.3 Å². The normalized spacial score (nSPS) is 22.3. The smallest absolute Gasteiger partial charge is 0.408 e. The summed E-state index contributed by atoms with van der Waals surface area (Å²) in [6, 6.07) is 19.9. The molecular formula is C27H31N3O3. The predicted octanol–water partition coefficient (Wildman–Crippen LogP) is 5.26. The average Bonchev–Trinajstić information content (AvgIpc) is 2.71. The van der Waals surface area contributed by atoms with Crippen molar-refractivity contribution in [1.29, 1.82) is 0 Å². The largest absolute Gasteiger partial charge is 0.444 e. The maximum atomic E-state index is 12.5. The average molecular weight is 446 g/mol. The molecule has 0 bridgehead atoms. The van der Waals surface area contributed by atoms with Crippen molar-refractivity contribution >= 4 is 11.8 Å². The first kappa shape index (κ1) is 22.8. The zero-order valence-corrected chi connectivity index (χ0v) is 19.6. The van der Waals surface area contributed by atoms with E-state index in [4.69, 9.17) is 10.5 Å². The first-order valence-electron chi connectivity index (χ1n) is 11.1. The highest BCUT2D eigenvalue weighted by molar-refractivity contribution is 5.82. The van der Waals surface area contributed by atoms with E-state index in [1.54, 1.807) is 13.1 Å². The van der Waals surface area contributed by atoms with Gasteiger partial charge in [-0.2, -0.15) is 0 Å². The Kier molecular flexibility index (Phi) is 5.66. The van der Waals surface area contributed by atoms with Gasteiger partial charge in [0.1, 0.15) is 5.60 Å². The Bertz CT molecular complexity index is 1140. The number of hydrogen-bond acceptors (Lipinski definition) is 5. The number of alkyl carbamates (subject to hydrolysis) is 1. The van der Waals surface area contributed by atoms with E-state index < -0.39 is 22.8 Å². The summed E-state index contributed by atoms with van der Waals surface area (Å²) in [5.41, 5.74) is 9.19. The van der Waals surface area contributed by atoms with E-state index in [1.807, 2.05) is 81.4 Å². The number of aromatic nitrogens is 1. The number of ether oxygens (including phenoxy) is 1. The molecule has 4 rings (SSSR count). The number of nitrogens with two attached hydrogens (primary N) is 1. The Morgan fingerprint density at radius 1 is 1.06 bits per heavy atom. The molecule has 0 aliphatic heterocycles. The Hall–Kier alpha value is -3.38. The van der Waals surface area contributed by atoms with Gasteiger partial charge < -0.3 is 20.9 Å². The Morgan fingerprint density at radius 2 is 1.70 bits per heavy atom. The number of hydrogen-bond donors (Lipinski definition) is 3. The summed E-state index contributed by atoms with van der Waals surface area (Å²) in [4.78, 5) is 17.1. The molecule has 6 nitrogen and oxygen atoms in total. The molecule has 6 heteroatoms. The van der Waals surface area contributed by atoms with Crippen LogP contribution in [0.3, 0.4) is 0 Å². The standard InChI is InChI=1S/C27H31N3O3/c1-25(2,3)33-24(31)30-27(16-26(4,32)17-27)20-12-10-19(11-13-20)23-22(14-21(28)15-29-23)18-8-6-5-7-9-18/h5-15,32H,16-17,28H2,1-4H3,(H,30,31)/t26-,27-. The second-order valence-electron chi connectivity index (χ2n) is 10.2. The number of aliphatic hydroxyl groups is 1. The monoisotopic (exact) mass is 445 g/mol. The van der Waals surface area contributed by atoms with Crippen LogP contribution >= 0.6 is 0 Å². The van der Waals surface area contributed by atoms with E-state index in [-0.39, 0.29) is 0 Å². The van der Waals surface area contributed by atoms with Gasteiger partial charge in [-0.25, -0.2) is 4.79 Å². The Labute approximate surface area is 194 Å². The zero-order valence-electron chi connectivity index (χ0n) is 19.6. The van der Waals surface area contributed by atoms with Crippen LogP contribution in [0.2, 0.25) is 0 Å². The van der Waals surface area contributed by atoms with Gasteiger partial charge in [0.2, 0.25) is 0 Å². The quantitative estimate of drug-likeness (QED) is 0.509. The van der Waals surface area contributed by atoms with Gasteiger partial charge in [0.15, 0.2) is 0 Å². The van der Waals surface area contributed by atoms with Crippen molar-refractivity contribution in [1.82, 2.24) is 10.3 Å².